The maximum Gasteiger partial charge on any atom is 0.221 e. The average Bonchev–Trinajstić information content (AvgIpc) is 2.66. The van der Waals surface area contributed by atoms with Crippen LogP contribution < -0.4 is 11.1 Å². The molecule has 1 aliphatic heterocycles. The molecule has 1 heterocycles. The lowest BCUT2D eigenvalue weighted by molar-refractivity contribution is -0.117. The Morgan fingerprint density at radius 3 is 2.90 bits per heavy atom. The molecule has 1 aliphatic rings. The van der Waals surface area contributed by atoms with Gasteiger partial charge in [-0.05, 0) is 26.7 Å². The van der Waals surface area contributed by atoms with Crippen molar-refractivity contribution in [3.05, 3.63) is 0 Å². The van der Waals surface area contributed by atoms with E-state index in [4.69, 9.17) is 10.5 Å². The van der Waals surface area contributed by atoms with E-state index < -0.39 is 6.23 Å². The molecule has 1 rings (SSSR count). The third-order valence-electron chi connectivity index (χ3n) is 3.10. The molecule has 0 aliphatic carbocycles. The van der Waals surface area contributed by atoms with Gasteiger partial charge in [-0.3, -0.25) is 4.79 Å². The summed E-state index contributed by atoms with van der Waals surface area (Å²) < 4.78 is 5.85. The molecule has 0 aromatic carbocycles. The van der Waals surface area contributed by atoms with Gasteiger partial charge in [0.15, 0.2) is 6.23 Å². The smallest absolute Gasteiger partial charge is 0.221 e. The number of amides is 1. The molecule has 3 N–H and O–H groups in total. The van der Waals surface area contributed by atoms with Gasteiger partial charge < -0.3 is 15.8 Å². The first-order valence-electron chi connectivity index (χ1n) is 6.63. The molecule has 0 bridgehead atoms. The number of hydrogen-bond donors (Lipinski definition) is 2. The average molecular weight is 278 g/mol. The van der Waals surface area contributed by atoms with Crippen LogP contribution in [0.25, 0.3) is 0 Å². The molecule has 0 saturated carbocycles. The SMILES string of the molecule is CC#CC1(C)CC(CC)OC1/N=C(N)\N=C/NC(C)=O. The highest BCUT2D eigenvalue weighted by Crippen LogP contribution is 2.39. The quantitative estimate of drug-likeness (QED) is 0.459. The third-order valence-corrected chi connectivity index (χ3v) is 3.10. The number of ether oxygens (including phenoxy) is 1. The fourth-order valence-corrected chi connectivity index (χ4v) is 2.11. The van der Waals surface area contributed by atoms with Gasteiger partial charge in [0.1, 0.15) is 0 Å². The van der Waals surface area contributed by atoms with E-state index in [1.165, 1.54) is 13.3 Å². The van der Waals surface area contributed by atoms with E-state index in [1.807, 2.05) is 6.92 Å². The molecule has 110 valence electrons. The van der Waals surface area contributed by atoms with Crippen molar-refractivity contribution in [1.82, 2.24) is 5.32 Å². The number of carbonyl (C=O) groups excluding carboxylic acids is 1. The lowest BCUT2D eigenvalue weighted by Crippen LogP contribution is -2.28. The topological polar surface area (TPSA) is 89.1 Å². The van der Waals surface area contributed by atoms with Gasteiger partial charge in [-0.15, -0.1) is 5.92 Å². The molecule has 20 heavy (non-hydrogen) atoms. The second-order valence-electron chi connectivity index (χ2n) is 4.96. The Hall–Kier alpha value is -1.87. The largest absolute Gasteiger partial charge is 0.368 e. The van der Waals surface area contributed by atoms with Crippen LogP contribution in [-0.2, 0) is 9.53 Å². The zero-order chi connectivity index (χ0) is 15.2. The lowest BCUT2D eigenvalue weighted by Gasteiger charge is -2.20. The van der Waals surface area contributed by atoms with Crippen molar-refractivity contribution in [3.63, 3.8) is 0 Å². The van der Waals surface area contributed by atoms with Gasteiger partial charge in [0.05, 0.1) is 17.9 Å². The molecule has 3 unspecified atom stereocenters. The van der Waals surface area contributed by atoms with Gasteiger partial charge in [-0.2, -0.15) is 0 Å². The summed E-state index contributed by atoms with van der Waals surface area (Å²) in [5, 5.41) is 2.41. The third kappa shape index (κ3) is 4.35. The van der Waals surface area contributed by atoms with Crippen molar-refractivity contribution in [2.24, 2.45) is 21.1 Å². The Morgan fingerprint density at radius 2 is 2.35 bits per heavy atom. The number of nitrogens with two attached hydrogens (primary N) is 1. The minimum atomic E-state index is -0.436. The van der Waals surface area contributed by atoms with E-state index in [0.29, 0.717) is 0 Å². The first-order chi connectivity index (χ1) is 9.41. The van der Waals surface area contributed by atoms with Crippen LogP contribution in [-0.4, -0.2) is 30.5 Å². The fourth-order valence-electron chi connectivity index (χ4n) is 2.11. The fraction of sp³-hybridized carbons (Fsp3) is 0.643. The molecule has 0 aromatic heterocycles. The van der Waals surface area contributed by atoms with Crippen LogP contribution in [0.15, 0.2) is 9.98 Å². The first kappa shape index (κ1) is 16.2. The number of guanidine groups is 1. The van der Waals surface area contributed by atoms with Crippen molar-refractivity contribution < 1.29 is 9.53 Å². The standard InChI is InChI=1S/C14H22N4O2/c1-5-7-14(4)8-11(6-2)20-12(14)18-13(15)17-9-16-10(3)19/h9,11-12H,6,8H2,1-4H3,(H3,15,16,17,18,19). The number of nitrogens with one attached hydrogen (secondary N) is 1. The Balaban J connectivity index is 2.83. The Morgan fingerprint density at radius 1 is 1.65 bits per heavy atom. The molecular formula is C14H22N4O2. The second-order valence-corrected chi connectivity index (χ2v) is 4.96. The Labute approximate surface area is 119 Å². The van der Waals surface area contributed by atoms with Crippen LogP contribution in [0.1, 0.15) is 40.5 Å². The van der Waals surface area contributed by atoms with Gasteiger partial charge in [-0.25, -0.2) is 9.98 Å². The van der Waals surface area contributed by atoms with Crippen LogP contribution in [0.4, 0.5) is 0 Å². The predicted molar refractivity (Wildman–Crippen MR) is 79.1 cm³/mol. The van der Waals surface area contributed by atoms with Gasteiger partial charge in [0.25, 0.3) is 0 Å². The van der Waals surface area contributed by atoms with E-state index in [1.54, 1.807) is 6.92 Å². The molecule has 6 heteroatoms. The number of aliphatic imine (C=N–C) groups is 2. The highest BCUT2D eigenvalue weighted by atomic mass is 16.5. The molecule has 0 radical (unpaired) electrons. The number of hydrogen-bond acceptors (Lipinski definition) is 3. The molecular weight excluding hydrogens is 256 g/mol. The highest BCUT2D eigenvalue weighted by Gasteiger charge is 2.43. The van der Waals surface area contributed by atoms with E-state index >= 15 is 0 Å². The van der Waals surface area contributed by atoms with Gasteiger partial charge in [-0.1, -0.05) is 12.8 Å². The van der Waals surface area contributed by atoms with E-state index in [-0.39, 0.29) is 23.4 Å². The summed E-state index contributed by atoms with van der Waals surface area (Å²) in [5.41, 5.74) is 5.36. The van der Waals surface area contributed by atoms with Crippen LogP contribution in [0.5, 0.6) is 0 Å². The number of rotatable bonds is 3. The Kier molecular flexibility index (Phi) is 5.71. The van der Waals surface area contributed by atoms with Gasteiger partial charge in [0.2, 0.25) is 11.9 Å². The Bertz CT molecular complexity index is 475. The van der Waals surface area contributed by atoms with E-state index in [0.717, 1.165) is 12.8 Å². The summed E-state index contributed by atoms with van der Waals surface area (Å²) in [4.78, 5) is 18.8. The zero-order valence-corrected chi connectivity index (χ0v) is 12.4. The summed E-state index contributed by atoms with van der Waals surface area (Å²) >= 11 is 0. The summed E-state index contributed by atoms with van der Waals surface area (Å²) in [6, 6.07) is 0. The zero-order valence-electron chi connectivity index (χ0n) is 12.4. The normalized spacial score (nSPS) is 30.1. The van der Waals surface area contributed by atoms with Crippen molar-refractivity contribution in [2.75, 3.05) is 0 Å². The molecule has 0 spiro atoms. The maximum atomic E-state index is 10.7. The minimum Gasteiger partial charge on any atom is -0.368 e. The highest BCUT2D eigenvalue weighted by molar-refractivity contribution is 5.92. The second kappa shape index (κ2) is 7.06. The molecule has 1 saturated heterocycles. The number of carbonyl (C=O) groups is 1. The minimum absolute atomic E-state index is 0.0598. The molecule has 0 aromatic rings. The van der Waals surface area contributed by atoms with Crippen molar-refractivity contribution >= 4 is 18.2 Å². The van der Waals surface area contributed by atoms with Crippen LogP contribution in [0.2, 0.25) is 0 Å². The van der Waals surface area contributed by atoms with Crippen LogP contribution in [0.3, 0.4) is 0 Å². The van der Waals surface area contributed by atoms with Crippen LogP contribution in [0, 0.1) is 17.3 Å². The maximum absolute atomic E-state index is 10.7. The van der Waals surface area contributed by atoms with Gasteiger partial charge >= 0.3 is 0 Å². The van der Waals surface area contributed by atoms with Crippen molar-refractivity contribution in [3.8, 4) is 11.8 Å². The summed E-state index contributed by atoms with van der Waals surface area (Å²) in [6.07, 6.45) is 2.63. The predicted octanol–water partition coefficient (Wildman–Crippen LogP) is 1.02. The van der Waals surface area contributed by atoms with E-state index in [9.17, 15) is 4.79 Å². The van der Waals surface area contributed by atoms with Crippen molar-refractivity contribution in [1.29, 1.82) is 0 Å². The summed E-state index contributed by atoms with van der Waals surface area (Å²) in [7, 11) is 0. The molecule has 3 atom stereocenters. The molecule has 6 nitrogen and oxygen atoms in total. The van der Waals surface area contributed by atoms with Crippen LogP contribution >= 0.6 is 0 Å². The first-order valence-corrected chi connectivity index (χ1v) is 6.63. The van der Waals surface area contributed by atoms with Gasteiger partial charge in [0, 0.05) is 6.92 Å². The molecule has 1 fully saturated rings. The monoisotopic (exact) mass is 278 g/mol. The lowest BCUT2D eigenvalue weighted by atomic mass is 9.85. The molecule has 1 amide bonds. The summed E-state index contributed by atoms with van der Waals surface area (Å²) in [5.74, 6) is 5.92. The number of nitrogens with zero attached hydrogens (tertiary/aromatic N) is 2. The van der Waals surface area contributed by atoms with Crippen molar-refractivity contribution in [2.45, 2.75) is 52.9 Å². The van der Waals surface area contributed by atoms with E-state index in [2.05, 4.69) is 34.1 Å². The summed E-state index contributed by atoms with van der Waals surface area (Å²) in [6.45, 7) is 7.26.